The first-order valence-corrected chi connectivity index (χ1v) is 11.0. The maximum Gasteiger partial charge on any atom is 0.262 e. The van der Waals surface area contributed by atoms with Crippen molar-refractivity contribution in [3.05, 3.63) is 42.6 Å². The van der Waals surface area contributed by atoms with E-state index in [4.69, 9.17) is 9.47 Å². The fourth-order valence-electron chi connectivity index (χ4n) is 2.56. The van der Waals surface area contributed by atoms with Gasteiger partial charge in [-0.2, -0.15) is 4.31 Å². The van der Waals surface area contributed by atoms with Gasteiger partial charge in [0.25, 0.3) is 10.0 Å². The monoisotopic (exact) mass is 413 g/mol. The lowest BCUT2D eigenvalue weighted by atomic mass is 10.4. The van der Waals surface area contributed by atoms with E-state index in [1.54, 1.807) is 6.07 Å². The number of methoxy groups -OCH3 is 1. The molecule has 1 aliphatic heterocycles. The zero-order chi connectivity index (χ0) is 19.5. The van der Waals surface area contributed by atoms with Crippen LogP contribution in [0.5, 0.6) is 5.88 Å². The zero-order valence-electron chi connectivity index (χ0n) is 14.5. The summed E-state index contributed by atoms with van der Waals surface area (Å²) in [7, 11) is -6.24. The van der Waals surface area contributed by atoms with Crippen LogP contribution in [-0.4, -0.2) is 59.5 Å². The van der Waals surface area contributed by atoms with Crippen molar-refractivity contribution in [1.29, 1.82) is 0 Å². The van der Waals surface area contributed by atoms with Gasteiger partial charge in [0.2, 0.25) is 15.9 Å². The average molecular weight is 413 g/mol. The lowest BCUT2D eigenvalue weighted by molar-refractivity contribution is 0.0730. The van der Waals surface area contributed by atoms with Crippen molar-refractivity contribution in [3.8, 4) is 5.88 Å². The summed E-state index contributed by atoms with van der Waals surface area (Å²) in [6.07, 6.45) is 1.47. The molecule has 9 nitrogen and oxygen atoms in total. The molecule has 146 valence electrons. The number of hydrogen-bond donors (Lipinski definition) is 1. The molecule has 2 heterocycles. The summed E-state index contributed by atoms with van der Waals surface area (Å²) in [5.74, 6) is 0.132. The Morgan fingerprint density at radius 2 is 1.67 bits per heavy atom. The molecule has 1 fully saturated rings. The van der Waals surface area contributed by atoms with Crippen LogP contribution >= 0.6 is 0 Å². The van der Waals surface area contributed by atoms with Gasteiger partial charge < -0.3 is 9.47 Å². The molecule has 0 unspecified atom stereocenters. The molecular weight excluding hydrogens is 394 g/mol. The van der Waals surface area contributed by atoms with Crippen molar-refractivity contribution in [2.45, 2.75) is 9.79 Å². The van der Waals surface area contributed by atoms with E-state index in [9.17, 15) is 16.8 Å². The number of pyridine rings is 1. The zero-order valence-corrected chi connectivity index (χ0v) is 16.2. The Kier molecular flexibility index (Phi) is 5.65. The van der Waals surface area contributed by atoms with E-state index in [1.807, 2.05) is 0 Å². The molecule has 0 radical (unpaired) electrons. The maximum atomic E-state index is 12.6. The largest absolute Gasteiger partial charge is 0.480 e. The van der Waals surface area contributed by atoms with Gasteiger partial charge in [-0.05, 0) is 36.4 Å². The highest BCUT2D eigenvalue weighted by atomic mass is 32.2. The van der Waals surface area contributed by atoms with Crippen LogP contribution in [0, 0.1) is 0 Å². The van der Waals surface area contributed by atoms with Crippen LogP contribution in [0.25, 0.3) is 0 Å². The minimum atomic E-state index is -3.93. The van der Waals surface area contributed by atoms with Crippen molar-refractivity contribution in [2.24, 2.45) is 0 Å². The quantitative estimate of drug-likeness (QED) is 0.748. The van der Waals surface area contributed by atoms with E-state index in [-0.39, 0.29) is 34.4 Å². The summed E-state index contributed by atoms with van der Waals surface area (Å²) in [5, 5.41) is 0. The van der Waals surface area contributed by atoms with Gasteiger partial charge in [0.1, 0.15) is 5.69 Å². The first-order chi connectivity index (χ1) is 12.8. The van der Waals surface area contributed by atoms with Crippen LogP contribution in [0.1, 0.15) is 0 Å². The predicted octanol–water partition coefficient (Wildman–Crippen LogP) is 0.912. The fraction of sp³-hybridized carbons (Fsp3) is 0.312. The number of nitrogens with one attached hydrogen (secondary N) is 1. The Labute approximate surface area is 158 Å². The molecule has 1 aromatic heterocycles. The minimum Gasteiger partial charge on any atom is -0.480 e. The van der Waals surface area contributed by atoms with Crippen molar-refractivity contribution in [1.82, 2.24) is 9.29 Å². The molecule has 1 aliphatic rings. The molecule has 1 saturated heterocycles. The number of rotatable bonds is 6. The van der Waals surface area contributed by atoms with Crippen molar-refractivity contribution < 1.29 is 26.3 Å². The molecule has 0 spiro atoms. The van der Waals surface area contributed by atoms with E-state index >= 15 is 0 Å². The lowest BCUT2D eigenvalue weighted by Crippen LogP contribution is -2.40. The Morgan fingerprint density at radius 1 is 1.04 bits per heavy atom. The molecule has 0 amide bonds. The molecule has 0 bridgehead atoms. The Bertz CT molecular complexity index is 1000. The van der Waals surface area contributed by atoms with Crippen LogP contribution in [-0.2, 0) is 24.8 Å². The van der Waals surface area contributed by atoms with Gasteiger partial charge >= 0.3 is 0 Å². The Hall–Kier alpha value is -2.21. The highest BCUT2D eigenvalue weighted by Gasteiger charge is 2.27. The first-order valence-electron chi connectivity index (χ1n) is 8.04. The summed E-state index contributed by atoms with van der Waals surface area (Å²) < 4.78 is 64.2. The highest BCUT2D eigenvalue weighted by molar-refractivity contribution is 7.92. The minimum absolute atomic E-state index is 0.0299. The normalized spacial score (nSPS) is 16.0. The van der Waals surface area contributed by atoms with E-state index in [0.29, 0.717) is 13.2 Å². The molecule has 27 heavy (non-hydrogen) atoms. The third-order valence-electron chi connectivity index (χ3n) is 3.95. The molecule has 1 aromatic carbocycles. The number of ether oxygens (including phenoxy) is 2. The number of anilines is 1. The van der Waals surface area contributed by atoms with E-state index in [0.717, 1.165) is 0 Å². The van der Waals surface area contributed by atoms with E-state index < -0.39 is 20.0 Å². The molecular formula is C16H19N3O6S2. The summed E-state index contributed by atoms with van der Waals surface area (Å²) in [5.41, 5.74) is 0.185. The Morgan fingerprint density at radius 3 is 2.30 bits per heavy atom. The second-order valence-electron chi connectivity index (χ2n) is 5.65. The number of hydrogen-bond acceptors (Lipinski definition) is 7. The van der Waals surface area contributed by atoms with Gasteiger partial charge in [0.05, 0.1) is 30.1 Å². The van der Waals surface area contributed by atoms with Crippen molar-refractivity contribution in [2.75, 3.05) is 38.1 Å². The standard InChI is InChI=1S/C16H19N3O6S2/c1-24-16-15(3-2-8-17-16)18-26(20,21)13-4-6-14(7-5-13)27(22,23)19-9-11-25-12-10-19/h2-8,18H,9-12H2,1H3. The third kappa shape index (κ3) is 4.21. The van der Waals surface area contributed by atoms with E-state index in [2.05, 4.69) is 9.71 Å². The smallest absolute Gasteiger partial charge is 0.262 e. The molecule has 3 rings (SSSR count). The lowest BCUT2D eigenvalue weighted by Gasteiger charge is -2.26. The number of aromatic nitrogens is 1. The van der Waals surface area contributed by atoms with Crippen LogP contribution in [0.15, 0.2) is 52.4 Å². The molecule has 11 heteroatoms. The number of benzene rings is 1. The van der Waals surface area contributed by atoms with Gasteiger partial charge in [0, 0.05) is 19.3 Å². The van der Waals surface area contributed by atoms with Crippen molar-refractivity contribution in [3.63, 3.8) is 0 Å². The first kappa shape index (κ1) is 19.5. The Balaban J connectivity index is 1.84. The third-order valence-corrected chi connectivity index (χ3v) is 7.24. The summed E-state index contributed by atoms with van der Waals surface area (Å²) in [4.78, 5) is 3.88. The van der Waals surface area contributed by atoms with Gasteiger partial charge in [-0.3, -0.25) is 4.72 Å². The summed E-state index contributed by atoms with van der Waals surface area (Å²) >= 11 is 0. The summed E-state index contributed by atoms with van der Waals surface area (Å²) in [6.45, 7) is 1.21. The van der Waals surface area contributed by atoms with Crippen LogP contribution in [0.2, 0.25) is 0 Å². The van der Waals surface area contributed by atoms with Gasteiger partial charge in [-0.1, -0.05) is 0 Å². The van der Waals surface area contributed by atoms with Gasteiger partial charge in [0.15, 0.2) is 0 Å². The predicted molar refractivity (Wildman–Crippen MR) is 97.6 cm³/mol. The number of sulfonamides is 2. The van der Waals surface area contributed by atoms with Crippen LogP contribution < -0.4 is 9.46 Å². The van der Waals surface area contributed by atoms with E-state index in [1.165, 1.54) is 47.9 Å². The molecule has 0 atom stereocenters. The van der Waals surface area contributed by atoms with Crippen molar-refractivity contribution >= 4 is 25.7 Å². The summed E-state index contributed by atoms with van der Waals surface area (Å²) in [6, 6.07) is 8.13. The highest BCUT2D eigenvalue weighted by Crippen LogP contribution is 2.25. The van der Waals surface area contributed by atoms with Gasteiger partial charge in [-0.25, -0.2) is 21.8 Å². The second-order valence-corrected chi connectivity index (χ2v) is 9.27. The van der Waals surface area contributed by atoms with Crippen LogP contribution in [0.4, 0.5) is 5.69 Å². The molecule has 0 saturated carbocycles. The molecule has 1 N–H and O–H groups in total. The number of nitrogens with zero attached hydrogens (tertiary/aromatic N) is 2. The second kappa shape index (κ2) is 7.80. The number of morpholine rings is 1. The SMILES string of the molecule is COc1ncccc1NS(=O)(=O)c1ccc(S(=O)(=O)N2CCOCC2)cc1. The maximum absolute atomic E-state index is 12.6. The van der Waals surface area contributed by atoms with Crippen LogP contribution in [0.3, 0.4) is 0 Å². The molecule has 0 aliphatic carbocycles. The fourth-order valence-corrected chi connectivity index (χ4v) is 5.03. The molecule has 2 aromatic rings. The van der Waals surface area contributed by atoms with Gasteiger partial charge in [-0.15, -0.1) is 0 Å². The topological polar surface area (TPSA) is 115 Å². The average Bonchev–Trinajstić information content (AvgIpc) is 2.69.